The molecule has 1 aromatic rings. The van der Waals surface area contributed by atoms with E-state index in [0.717, 1.165) is 12.3 Å². The Morgan fingerprint density at radius 1 is 1.29 bits per heavy atom. The number of aliphatic hydroxyl groups is 1. The third-order valence-electron chi connectivity index (χ3n) is 3.68. The third-order valence-corrected chi connectivity index (χ3v) is 3.68. The fourth-order valence-corrected chi connectivity index (χ4v) is 2.47. The van der Waals surface area contributed by atoms with Crippen molar-refractivity contribution in [1.29, 1.82) is 0 Å². The summed E-state index contributed by atoms with van der Waals surface area (Å²) < 4.78 is 0. The molecule has 0 radical (unpaired) electrons. The molecule has 2 nitrogen and oxygen atoms in total. The van der Waals surface area contributed by atoms with Gasteiger partial charge in [0.2, 0.25) is 0 Å². The van der Waals surface area contributed by atoms with Crippen LogP contribution in [-0.4, -0.2) is 17.8 Å². The van der Waals surface area contributed by atoms with Gasteiger partial charge in [0.05, 0.1) is 0 Å². The average Bonchev–Trinajstić information content (AvgIpc) is 2.27. The highest BCUT2D eigenvalue weighted by molar-refractivity contribution is 5.45. The summed E-state index contributed by atoms with van der Waals surface area (Å²) in [6, 6.07) is 8.97. The summed E-state index contributed by atoms with van der Waals surface area (Å²) in [5.41, 5.74) is 2.39. The van der Waals surface area contributed by atoms with Crippen molar-refractivity contribution >= 4 is 5.69 Å². The normalized spacial score (nSPS) is 17.5. The van der Waals surface area contributed by atoms with E-state index in [0.29, 0.717) is 6.04 Å². The van der Waals surface area contributed by atoms with Gasteiger partial charge >= 0.3 is 0 Å². The van der Waals surface area contributed by atoms with Crippen LogP contribution in [0, 0.1) is 5.92 Å². The number of rotatable bonds is 6. The molecular weight excluding hydrogens is 210 g/mol. The molecule has 0 heterocycles. The number of hydrogen-bond donors (Lipinski definition) is 2. The minimum atomic E-state index is 0.227. The molecule has 2 rings (SSSR count). The fraction of sp³-hybridized carbons (Fsp3) is 0.600. The van der Waals surface area contributed by atoms with Gasteiger partial charge in [-0.2, -0.15) is 0 Å². The molecule has 94 valence electrons. The zero-order valence-electron chi connectivity index (χ0n) is 10.7. The second-order valence-corrected chi connectivity index (χ2v) is 5.25. The van der Waals surface area contributed by atoms with Crippen molar-refractivity contribution < 1.29 is 5.11 Å². The van der Waals surface area contributed by atoms with Gasteiger partial charge in [-0.3, -0.25) is 0 Å². The van der Waals surface area contributed by atoms with E-state index in [1.165, 1.54) is 36.9 Å². The summed E-state index contributed by atoms with van der Waals surface area (Å²) in [5.74, 6) is 0.950. The van der Waals surface area contributed by atoms with Crippen LogP contribution in [0.3, 0.4) is 0 Å². The third kappa shape index (κ3) is 3.74. The van der Waals surface area contributed by atoms with Crippen LogP contribution in [0.2, 0.25) is 0 Å². The molecule has 0 bridgehead atoms. The molecule has 1 saturated carbocycles. The van der Waals surface area contributed by atoms with Gasteiger partial charge in [-0.05, 0) is 43.4 Å². The van der Waals surface area contributed by atoms with Crippen molar-refractivity contribution in [3.05, 3.63) is 29.8 Å². The Labute approximate surface area is 104 Å². The van der Waals surface area contributed by atoms with E-state index in [4.69, 9.17) is 5.11 Å². The first-order chi connectivity index (χ1) is 8.28. The predicted molar refractivity (Wildman–Crippen MR) is 72.3 cm³/mol. The molecule has 1 unspecified atom stereocenters. The fourth-order valence-electron chi connectivity index (χ4n) is 2.47. The second kappa shape index (κ2) is 6.06. The topological polar surface area (TPSA) is 32.3 Å². The number of anilines is 1. The lowest BCUT2D eigenvalue weighted by atomic mass is 9.81. The Kier molecular flexibility index (Phi) is 4.43. The first-order valence-corrected chi connectivity index (χ1v) is 6.74. The quantitative estimate of drug-likeness (QED) is 0.790. The largest absolute Gasteiger partial charge is 0.396 e. The average molecular weight is 233 g/mol. The van der Waals surface area contributed by atoms with Crippen LogP contribution in [0.15, 0.2) is 24.3 Å². The molecule has 2 heteroatoms. The van der Waals surface area contributed by atoms with Gasteiger partial charge in [0.15, 0.2) is 0 Å². The van der Waals surface area contributed by atoms with Crippen LogP contribution in [0.4, 0.5) is 5.69 Å². The number of hydrogen-bond acceptors (Lipinski definition) is 2. The van der Waals surface area contributed by atoms with E-state index in [2.05, 4.69) is 36.5 Å². The molecule has 0 aliphatic heterocycles. The minimum absolute atomic E-state index is 0.227. The van der Waals surface area contributed by atoms with Gasteiger partial charge in [0.25, 0.3) is 0 Å². The van der Waals surface area contributed by atoms with Crippen molar-refractivity contribution in [1.82, 2.24) is 0 Å². The highest BCUT2D eigenvalue weighted by Gasteiger charge is 2.19. The molecular formula is C15H23NO. The summed E-state index contributed by atoms with van der Waals surface area (Å²) in [6.45, 7) is 2.49. The Balaban J connectivity index is 1.80. The monoisotopic (exact) mass is 233 g/mol. The predicted octanol–water partition coefficient (Wildman–Crippen LogP) is 3.21. The molecule has 0 amide bonds. The van der Waals surface area contributed by atoms with Crippen LogP contribution >= 0.6 is 0 Å². The molecule has 2 N–H and O–H groups in total. The number of nitrogens with one attached hydrogen (secondary N) is 1. The first-order valence-electron chi connectivity index (χ1n) is 6.74. The van der Waals surface area contributed by atoms with E-state index in [1.807, 2.05) is 0 Å². The standard InChI is InChI=1S/C15H23NO/c1-12(11-14-3-2-4-14)16-15-7-5-13(6-8-15)9-10-17/h5-8,12,14,16-17H,2-4,9-11H2,1H3. The van der Waals surface area contributed by atoms with E-state index in [1.54, 1.807) is 0 Å². The van der Waals surface area contributed by atoms with Crippen molar-refractivity contribution in [2.75, 3.05) is 11.9 Å². The molecule has 0 saturated heterocycles. The van der Waals surface area contributed by atoms with Gasteiger partial charge in [0, 0.05) is 18.3 Å². The SMILES string of the molecule is CC(CC1CCC1)Nc1ccc(CCO)cc1. The lowest BCUT2D eigenvalue weighted by molar-refractivity contribution is 0.286. The van der Waals surface area contributed by atoms with E-state index < -0.39 is 0 Å². The summed E-state index contributed by atoms with van der Waals surface area (Å²) in [7, 11) is 0. The van der Waals surface area contributed by atoms with E-state index >= 15 is 0 Å². The van der Waals surface area contributed by atoms with E-state index in [-0.39, 0.29) is 6.61 Å². The Hall–Kier alpha value is -1.02. The minimum Gasteiger partial charge on any atom is -0.396 e. The molecule has 1 aliphatic carbocycles. The molecule has 1 fully saturated rings. The molecule has 0 spiro atoms. The van der Waals surface area contributed by atoms with Crippen LogP contribution in [0.25, 0.3) is 0 Å². The van der Waals surface area contributed by atoms with Gasteiger partial charge in [0.1, 0.15) is 0 Å². The first kappa shape index (κ1) is 12.4. The number of benzene rings is 1. The maximum absolute atomic E-state index is 8.85. The number of aliphatic hydroxyl groups excluding tert-OH is 1. The maximum Gasteiger partial charge on any atom is 0.0471 e. The zero-order valence-corrected chi connectivity index (χ0v) is 10.7. The lowest BCUT2D eigenvalue weighted by Gasteiger charge is -2.28. The highest BCUT2D eigenvalue weighted by atomic mass is 16.2. The second-order valence-electron chi connectivity index (χ2n) is 5.25. The smallest absolute Gasteiger partial charge is 0.0471 e. The van der Waals surface area contributed by atoms with Gasteiger partial charge in [-0.25, -0.2) is 0 Å². The van der Waals surface area contributed by atoms with Gasteiger partial charge < -0.3 is 10.4 Å². The van der Waals surface area contributed by atoms with Crippen LogP contribution < -0.4 is 5.32 Å². The van der Waals surface area contributed by atoms with Gasteiger partial charge in [-0.1, -0.05) is 31.4 Å². The van der Waals surface area contributed by atoms with Crippen LogP contribution in [-0.2, 0) is 6.42 Å². The van der Waals surface area contributed by atoms with Gasteiger partial charge in [-0.15, -0.1) is 0 Å². The lowest BCUT2D eigenvalue weighted by Crippen LogP contribution is -2.23. The summed E-state index contributed by atoms with van der Waals surface area (Å²) in [5, 5.41) is 12.4. The van der Waals surface area contributed by atoms with Crippen molar-refractivity contribution in [2.45, 2.75) is 45.1 Å². The molecule has 1 aromatic carbocycles. The Morgan fingerprint density at radius 3 is 2.53 bits per heavy atom. The summed E-state index contributed by atoms with van der Waals surface area (Å²) >= 11 is 0. The van der Waals surface area contributed by atoms with Crippen molar-refractivity contribution in [3.8, 4) is 0 Å². The Morgan fingerprint density at radius 2 is 2.00 bits per heavy atom. The summed E-state index contributed by atoms with van der Waals surface area (Å²) in [4.78, 5) is 0. The molecule has 17 heavy (non-hydrogen) atoms. The highest BCUT2D eigenvalue weighted by Crippen LogP contribution is 2.31. The van der Waals surface area contributed by atoms with Crippen LogP contribution in [0.5, 0.6) is 0 Å². The molecule has 1 atom stereocenters. The maximum atomic E-state index is 8.85. The van der Waals surface area contributed by atoms with Crippen molar-refractivity contribution in [2.24, 2.45) is 5.92 Å². The summed E-state index contributed by atoms with van der Waals surface area (Å²) in [6.07, 6.45) is 6.30. The molecule has 0 aromatic heterocycles. The zero-order chi connectivity index (χ0) is 12.1. The van der Waals surface area contributed by atoms with Crippen molar-refractivity contribution in [3.63, 3.8) is 0 Å². The molecule has 1 aliphatic rings. The Bertz CT molecular complexity index is 329. The van der Waals surface area contributed by atoms with Crippen LogP contribution in [0.1, 0.15) is 38.2 Å². The van der Waals surface area contributed by atoms with E-state index in [9.17, 15) is 0 Å².